The van der Waals surface area contributed by atoms with Gasteiger partial charge in [-0.25, -0.2) is 0 Å². The fourth-order valence-electron chi connectivity index (χ4n) is 1.10. The highest BCUT2D eigenvalue weighted by molar-refractivity contribution is 5.32. The van der Waals surface area contributed by atoms with Crippen molar-refractivity contribution in [3.63, 3.8) is 0 Å². The van der Waals surface area contributed by atoms with Crippen molar-refractivity contribution in [2.24, 2.45) is 5.84 Å². The van der Waals surface area contributed by atoms with Gasteiger partial charge in [-0.05, 0) is 18.6 Å². The Bertz CT molecular complexity index is 279. The monoisotopic (exact) mass is 210 g/mol. The van der Waals surface area contributed by atoms with E-state index >= 15 is 0 Å². The third kappa shape index (κ3) is 4.67. The van der Waals surface area contributed by atoms with Gasteiger partial charge in [0.2, 0.25) is 0 Å². The van der Waals surface area contributed by atoms with Gasteiger partial charge in [0, 0.05) is 12.6 Å². The lowest BCUT2D eigenvalue weighted by atomic mass is 10.3. The van der Waals surface area contributed by atoms with E-state index in [1.807, 2.05) is 24.3 Å². The average molecular weight is 210 g/mol. The fraction of sp³-hybridized carbons (Fsp3) is 0.455. The van der Waals surface area contributed by atoms with Crippen LogP contribution in [0.1, 0.15) is 13.3 Å². The van der Waals surface area contributed by atoms with Crippen LogP contribution in [0.2, 0.25) is 0 Å². The molecular formula is C11H18N2O2. The van der Waals surface area contributed by atoms with Crippen molar-refractivity contribution in [3.8, 4) is 11.5 Å². The van der Waals surface area contributed by atoms with Crippen LogP contribution in [0.4, 0.5) is 0 Å². The highest BCUT2D eigenvalue weighted by Crippen LogP contribution is 2.19. The zero-order valence-electron chi connectivity index (χ0n) is 9.03. The molecule has 0 fully saturated rings. The normalized spacial score (nSPS) is 10.0. The lowest BCUT2D eigenvalue weighted by Crippen LogP contribution is -2.27. The third-order valence-electron chi connectivity index (χ3n) is 1.79. The summed E-state index contributed by atoms with van der Waals surface area (Å²) in [5.74, 6) is 6.78. The van der Waals surface area contributed by atoms with Crippen LogP contribution in [0.15, 0.2) is 24.3 Å². The molecule has 0 aromatic heterocycles. The number of nitrogens with two attached hydrogens (primary N) is 1. The Hall–Kier alpha value is -1.26. The molecule has 1 aromatic carbocycles. The summed E-state index contributed by atoms with van der Waals surface area (Å²) in [6, 6.07) is 7.61. The minimum atomic E-state index is 0.549. The highest BCUT2D eigenvalue weighted by Gasteiger charge is 1.96. The number of rotatable bonds is 7. The Balaban J connectivity index is 2.42. The van der Waals surface area contributed by atoms with E-state index in [4.69, 9.17) is 15.3 Å². The van der Waals surface area contributed by atoms with Gasteiger partial charge in [0.1, 0.15) is 18.1 Å². The van der Waals surface area contributed by atoms with Crippen molar-refractivity contribution in [1.29, 1.82) is 0 Å². The first-order valence-corrected chi connectivity index (χ1v) is 5.16. The van der Waals surface area contributed by atoms with Crippen molar-refractivity contribution in [2.75, 3.05) is 19.8 Å². The van der Waals surface area contributed by atoms with Crippen molar-refractivity contribution in [3.05, 3.63) is 24.3 Å². The Morgan fingerprint density at radius 2 is 1.87 bits per heavy atom. The molecule has 0 heterocycles. The van der Waals surface area contributed by atoms with E-state index in [1.165, 1.54) is 0 Å². The molecule has 4 heteroatoms. The van der Waals surface area contributed by atoms with Crippen LogP contribution in [0.3, 0.4) is 0 Å². The first-order chi connectivity index (χ1) is 7.36. The third-order valence-corrected chi connectivity index (χ3v) is 1.79. The molecule has 1 aromatic rings. The van der Waals surface area contributed by atoms with Gasteiger partial charge in [-0.2, -0.15) is 0 Å². The summed E-state index contributed by atoms with van der Waals surface area (Å²) in [5, 5.41) is 0. The molecule has 0 saturated heterocycles. The number of ether oxygens (including phenoxy) is 2. The smallest absolute Gasteiger partial charge is 0.123 e. The van der Waals surface area contributed by atoms with E-state index in [0.717, 1.165) is 24.5 Å². The molecule has 0 aliphatic heterocycles. The maximum Gasteiger partial charge on any atom is 0.123 e. The fourth-order valence-corrected chi connectivity index (χ4v) is 1.10. The minimum Gasteiger partial charge on any atom is -0.493 e. The SMILES string of the molecule is CCCOc1cccc(OCCNN)c1. The Kier molecular flexibility index (Phi) is 5.58. The average Bonchev–Trinajstić information content (AvgIpc) is 2.27. The second kappa shape index (κ2) is 7.09. The summed E-state index contributed by atoms with van der Waals surface area (Å²) in [7, 11) is 0. The van der Waals surface area contributed by atoms with Crippen molar-refractivity contribution >= 4 is 0 Å². The molecule has 0 amide bonds. The quantitative estimate of drug-likeness (QED) is 0.405. The predicted molar refractivity (Wildman–Crippen MR) is 59.9 cm³/mol. The number of hydrazine groups is 1. The van der Waals surface area contributed by atoms with Crippen LogP contribution in [-0.2, 0) is 0 Å². The van der Waals surface area contributed by atoms with Crippen molar-refractivity contribution < 1.29 is 9.47 Å². The lowest BCUT2D eigenvalue weighted by Gasteiger charge is -2.08. The Morgan fingerprint density at radius 3 is 2.47 bits per heavy atom. The zero-order valence-corrected chi connectivity index (χ0v) is 9.03. The van der Waals surface area contributed by atoms with Crippen LogP contribution in [0.25, 0.3) is 0 Å². The number of hydrogen-bond acceptors (Lipinski definition) is 4. The van der Waals surface area contributed by atoms with E-state index in [9.17, 15) is 0 Å². The second-order valence-corrected chi connectivity index (χ2v) is 3.13. The maximum atomic E-state index is 5.48. The molecule has 0 spiro atoms. The summed E-state index contributed by atoms with van der Waals surface area (Å²) >= 11 is 0. The maximum absolute atomic E-state index is 5.48. The molecule has 84 valence electrons. The van der Waals surface area contributed by atoms with Gasteiger partial charge in [0.15, 0.2) is 0 Å². The van der Waals surface area contributed by atoms with Crippen LogP contribution < -0.4 is 20.7 Å². The number of hydrogen-bond donors (Lipinski definition) is 2. The largest absolute Gasteiger partial charge is 0.493 e. The van der Waals surface area contributed by atoms with Crippen LogP contribution in [0.5, 0.6) is 11.5 Å². The van der Waals surface area contributed by atoms with Gasteiger partial charge in [-0.1, -0.05) is 13.0 Å². The van der Waals surface area contributed by atoms with E-state index < -0.39 is 0 Å². The summed E-state index contributed by atoms with van der Waals surface area (Å²) in [6.07, 6.45) is 1.00. The predicted octanol–water partition coefficient (Wildman–Crippen LogP) is 1.32. The summed E-state index contributed by atoms with van der Waals surface area (Å²) < 4.78 is 10.9. The van der Waals surface area contributed by atoms with E-state index in [1.54, 1.807) is 0 Å². The number of nitrogens with one attached hydrogen (secondary N) is 1. The van der Waals surface area contributed by atoms with Crippen molar-refractivity contribution in [1.82, 2.24) is 5.43 Å². The van der Waals surface area contributed by atoms with Gasteiger partial charge < -0.3 is 9.47 Å². The molecule has 0 atom stereocenters. The minimum absolute atomic E-state index is 0.549. The van der Waals surface area contributed by atoms with E-state index in [-0.39, 0.29) is 0 Å². The molecule has 4 nitrogen and oxygen atoms in total. The summed E-state index contributed by atoms with van der Waals surface area (Å²) in [5.41, 5.74) is 2.53. The van der Waals surface area contributed by atoms with Crippen LogP contribution in [0, 0.1) is 0 Å². The van der Waals surface area contributed by atoms with Gasteiger partial charge in [-0.3, -0.25) is 11.3 Å². The van der Waals surface area contributed by atoms with Gasteiger partial charge in [0.25, 0.3) is 0 Å². The zero-order chi connectivity index (χ0) is 10.9. The topological polar surface area (TPSA) is 56.5 Å². The van der Waals surface area contributed by atoms with Gasteiger partial charge in [0.05, 0.1) is 6.61 Å². The van der Waals surface area contributed by atoms with E-state index in [0.29, 0.717) is 13.2 Å². The standard InChI is InChI=1S/C11H18N2O2/c1-2-7-14-10-4-3-5-11(9-10)15-8-6-13-12/h3-5,9,13H,2,6-8,12H2,1H3. The Morgan fingerprint density at radius 1 is 1.20 bits per heavy atom. The van der Waals surface area contributed by atoms with Gasteiger partial charge in [-0.15, -0.1) is 0 Å². The number of benzene rings is 1. The second-order valence-electron chi connectivity index (χ2n) is 3.13. The highest BCUT2D eigenvalue weighted by atomic mass is 16.5. The summed E-state index contributed by atoms with van der Waals surface area (Å²) in [6.45, 7) is 3.98. The first-order valence-electron chi connectivity index (χ1n) is 5.16. The molecule has 3 N–H and O–H groups in total. The molecule has 1 rings (SSSR count). The molecule has 0 bridgehead atoms. The van der Waals surface area contributed by atoms with Crippen LogP contribution >= 0.6 is 0 Å². The lowest BCUT2D eigenvalue weighted by molar-refractivity contribution is 0.300. The molecule has 0 aliphatic rings. The van der Waals surface area contributed by atoms with Crippen LogP contribution in [-0.4, -0.2) is 19.8 Å². The Labute approximate surface area is 90.3 Å². The molecule has 0 unspecified atom stereocenters. The summed E-state index contributed by atoms with van der Waals surface area (Å²) in [4.78, 5) is 0. The molecule has 0 saturated carbocycles. The molecule has 15 heavy (non-hydrogen) atoms. The molecular weight excluding hydrogens is 192 g/mol. The van der Waals surface area contributed by atoms with Gasteiger partial charge >= 0.3 is 0 Å². The van der Waals surface area contributed by atoms with E-state index in [2.05, 4.69) is 12.3 Å². The molecule has 0 radical (unpaired) electrons. The molecule has 0 aliphatic carbocycles. The van der Waals surface area contributed by atoms with Crippen molar-refractivity contribution in [2.45, 2.75) is 13.3 Å². The first kappa shape index (κ1) is 11.8.